The lowest BCUT2D eigenvalue weighted by molar-refractivity contribution is 0.749. The molecule has 1 nitrogen and oxygen atoms in total. The molecule has 0 aliphatic heterocycles. The first-order valence-corrected chi connectivity index (χ1v) is 8.59. The summed E-state index contributed by atoms with van der Waals surface area (Å²) in [4.78, 5) is 0. The standard InChI is InChI=1S/C15H12BrCl4N/c1-2-12(8-3-5-10(17)11(18)7-8)21-13-6-4-9(16)14(19)15(13)20/h3-7,12,21H,2H2,1H3. The highest BCUT2D eigenvalue weighted by Crippen LogP contribution is 2.38. The minimum atomic E-state index is 0.0644. The molecule has 1 N–H and O–H groups in total. The summed E-state index contributed by atoms with van der Waals surface area (Å²) < 4.78 is 0.766. The van der Waals surface area contributed by atoms with Crippen molar-refractivity contribution in [1.29, 1.82) is 0 Å². The fourth-order valence-electron chi connectivity index (χ4n) is 1.98. The maximum Gasteiger partial charge on any atom is 0.0835 e. The third-order valence-corrected chi connectivity index (χ3v) is 5.63. The zero-order valence-electron chi connectivity index (χ0n) is 11.1. The van der Waals surface area contributed by atoms with Gasteiger partial charge in [-0.25, -0.2) is 0 Å². The van der Waals surface area contributed by atoms with E-state index in [0.29, 0.717) is 20.1 Å². The minimum absolute atomic E-state index is 0.0644. The second-order valence-corrected chi connectivity index (χ2v) is 6.93. The van der Waals surface area contributed by atoms with Crippen LogP contribution in [0.1, 0.15) is 24.9 Å². The Morgan fingerprint density at radius 1 is 1.00 bits per heavy atom. The first kappa shape index (κ1) is 17.2. The highest BCUT2D eigenvalue weighted by molar-refractivity contribution is 9.10. The Balaban J connectivity index is 2.31. The van der Waals surface area contributed by atoms with E-state index in [0.717, 1.165) is 22.1 Å². The van der Waals surface area contributed by atoms with Crippen molar-refractivity contribution in [2.45, 2.75) is 19.4 Å². The summed E-state index contributed by atoms with van der Waals surface area (Å²) in [6, 6.07) is 9.41. The number of rotatable bonds is 4. The van der Waals surface area contributed by atoms with Gasteiger partial charge in [0.25, 0.3) is 0 Å². The van der Waals surface area contributed by atoms with E-state index in [9.17, 15) is 0 Å². The Labute approximate surface area is 152 Å². The maximum absolute atomic E-state index is 6.27. The van der Waals surface area contributed by atoms with Gasteiger partial charge in [0.15, 0.2) is 0 Å². The van der Waals surface area contributed by atoms with Gasteiger partial charge in [-0.1, -0.05) is 59.4 Å². The van der Waals surface area contributed by atoms with Crippen LogP contribution in [0, 0.1) is 0 Å². The number of benzene rings is 2. The fourth-order valence-corrected chi connectivity index (χ4v) is 3.11. The van der Waals surface area contributed by atoms with Gasteiger partial charge in [0.2, 0.25) is 0 Å². The van der Waals surface area contributed by atoms with Crippen LogP contribution < -0.4 is 5.32 Å². The lowest BCUT2D eigenvalue weighted by Crippen LogP contribution is -2.10. The van der Waals surface area contributed by atoms with Gasteiger partial charge in [-0.15, -0.1) is 0 Å². The lowest BCUT2D eigenvalue weighted by Gasteiger charge is -2.20. The van der Waals surface area contributed by atoms with Gasteiger partial charge in [0, 0.05) is 4.47 Å². The molecule has 0 amide bonds. The van der Waals surface area contributed by atoms with Crippen LogP contribution in [0.25, 0.3) is 0 Å². The number of hydrogen-bond acceptors (Lipinski definition) is 1. The van der Waals surface area contributed by atoms with Crippen LogP contribution in [0.15, 0.2) is 34.8 Å². The zero-order valence-corrected chi connectivity index (χ0v) is 15.7. The smallest absolute Gasteiger partial charge is 0.0835 e. The van der Waals surface area contributed by atoms with Crippen molar-refractivity contribution in [3.63, 3.8) is 0 Å². The maximum atomic E-state index is 6.27. The van der Waals surface area contributed by atoms with Gasteiger partial charge >= 0.3 is 0 Å². The van der Waals surface area contributed by atoms with Crippen molar-refractivity contribution in [3.8, 4) is 0 Å². The van der Waals surface area contributed by atoms with Gasteiger partial charge in [0.1, 0.15) is 0 Å². The van der Waals surface area contributed by atoms with Crippen LogP contribution in [0.5, 0.6) is 0 Å². The lowest BCUT2D eigenvalue weighted by atomic mass is 10.0. The first-order valence-electron chi connectivity index (χ1n) is 6.29. The number of anilines is 1. The molecule has 2 aromatic carbocycles. The third-order valence-electron chi connectivity index (χ3n) is 3.12. The molecule has 0 heterocycles. The van der Waals surface area contributed by atoms with E-state index in [1.165, 1.54) is 0 Å². The van der Waals surface area contributed by atoms with Crippen molar-refractivity contribution in [1.82, 2.24) is 0 Å². The summed E-state index contributed by atoms with van der Waals surface area (Å²) in [5.41, 5.74) is 1.82. The molecule has 1 atom stereocenters. The Bertz CT molecular complexity index is 660. The van der Waals surface area contributed by atoms with Crippen molar-refractivity contribution in [2.24, 2.45) is 0 Å². The molecule has 0 aliphatic rings. The summed E-state index contributed by atoms with van der Waals surface area (Å²) in [7, 11) is 0. The number of hydrogen-bond donors (Lipinski definition) is 1. The van der Waals surface area contributed by atoms with Crippen LogP contribution in [-0.2, 0) is 0 Å². The topological polar surface area (TPSA) is 12.0 Å². The van der Waals surface area contributed by atoms with Gasteiger partial charge in [0.05, 0.1) is 31.8 Å². The van der Waals surface area contributed by atoms with E-state index in [-0.39, 0.29) is 6.04 Å². The predicted molar refractivity (Wildman–Crippen MR) is 97.3 cm³/mol. The molecule has 21 heavy (non-hydrogen) atoms. The summed E-state index contributed by atoms with van der Waals surface area (Å²) in [5, 5.41) is 5.45. The van der Waals surface area contributed by atoms with Crippen LogP contribution in [-0.4, -0.2) is 0 Å². The van der Waals surface area contributed by atoms with Crippen molar-refractivity contribution in [3.05, 3.63) is 60.5 Å². The molecule has 0 spiro atoms. The highest BCUT2D eigenvalue weighted by Gasteiger charge is 2.14. The van der Waals surface area contributed by atoms with Crippen molar-refractivity contribution >= 4 is 68.0 Å². The molecule has 1 unspecified atom stereocenters. The Hall–Kier alpha value is -0.120. The molecule has 0 fully saturated rings. The average molecular weight is 428 g/mol. The second-order valence-electron chi connectivity index (χ2n) is 4.50. The Morgan fingerprint density at radius 3 is 2.33 bits per heavy atom. The van der Waals surface area contributed by atoms with E-state index in [4.69, 9.17) is 46.4 Å². The molecule has 0 aliphatic carbocycles. The zero-order chi connectivity index (χ0) is 15.6. The van der Waals surface area contributed by atoms with Crippen LogP contribution in [0.3, 0.4) is 0 Å². The molecule has 0 aromatic heterocycles. The molecule has 0 radical (unpaired) electrons. The fraction of sp³-hybridized carbons (Fsp3) is 0.200. The third kappa shape index (κ3) is 4.00. The number of nitrogens with one attached hydrogen (secondary N) is 1. The van der Waals surface area contributed by atoms with Gasteiger partial charge in [-0.2, -0.15) is 0 Å². The summed E-state index contributed by atoms with van der Waals surface area (Å²) in [5.74, 6) is 0. The summed E-state index contributed by atoms with van der Waals surface area (Å²) in [6.07, 6.45) is 0.863. The van der Waals surface area contributed by atoms with Crippen LogP contribution in [0.4, 0.5) is 5.69 Å². The van der Waals surface area contributed by atoms with E-state index in [1.807, 2.05) is 24.3 Å². The van der Waals surface area contributed by atoms with E-state index in [2.05, 4.69) is 28.2 Å². The SMILES string of the molecule is CCC(Nc1ccc(Br)c(Cl)c1Cl)c1ccc(Cl)c(Cl)c1. The molecule has 0 saturated heterocycles. The van der Waals surface area contributed by atoms with E-state index < -0.39 is 0 Å². The van der Waals surface area contributed by atoms with Gasteiger partial charge in [-0.3, -0.25) is 0 Å². The van der Waals surface area contributed by atoms with Crippen LogP contribution >= 0.6 is 62.3 Å². The molecular formula is C15H12BrCl4N. The molecular weight excluding hydrogens is 416 g/mol. The van der Waals surface area contributed by atoms with Gasteiger partial charge < -0.3 is 5.32 Å². The largest absolute Gasteiger partial charge is 0.377 e. The monoisotopic (exact) mass is 425 g/mol. The number of halogens is 5. The molecule has 0 saturated carbocycles. The van der Waals surface area contributed by atoms with E-state index >= 15 is 0 Å². The summed E-state index contributed by atoms with van der Waals surface area (Å²) >= 11 is 27.8. The average Bonchev–Trinajstić information content (AvgIpc) is 2.47. The molecule has 112 valence electrons. The van der Waals surface area contributed by atoms with Crippen LogP contribution in [0.2, 0.25) is 20.1 Å². The minimum Gasteiger partial charge on any atom is -0.377 e. The highest BCUT2D eigenvalue weighted by atomic mass is 79.9. The van der Waals surface area contributed by atoms with Crippen molar-refractivity contribution in [2.75, 3.05) is 5.32 Å². The molecule has 6 heteroatoms. The Kier molecular flexibility index (Phi) is 6.10. The molecule has 2 rings (SSSR count). The Morgan fingerprint density at radius 2 is 1.71 bits per heavy atom. The second kappa shape index (κ2) is 7.43. The van der Waals surface area contributed by atoms with E-state index in [1.54, 1.807) is 6.07 Å². The summed E-state index contributed by atoms with van der Waals surface area (Å²) in [6.45, 7) is 2.08. The van der Waals surface area contributed by atoms with Crippen molar-refractivity contribution < 1.29 is 0 Å². The first-order chi connectivity index (χ1) is 9.93. The predicted octanol–water partition coefficient (Wildman–Crippen LogP) is 7.63. The quantitative estimate of drug-likeness (QED) is 0.494. The molecule has 2 aromatic rings. The normalized spacial score (nSPS) is 12.3. The molecule has 0 bridgehead atoms. The van der Waals surface area contributed by atoms with Gasteiger partial charge in [-0.05, 0) is 52.2 Å².